The first-order valence-corrected chi connectivity index (χ1v) is 14.9. The normalized spacial score (nSPS) is 14.0. The second-order valence-corrected chi connectivity index (χ2v) is 12.2. The van der Waals surface area contributed by atoms with Gasteiger partial charge in [-0.1, -0.05) is 17.7 Å². The second-order valence-electron chi connectivity index (χ2n) is 9.84. The minimum Gasteiger partial charge on any atom is -0.440 e. The zero-order chi connectivity index (χ0) is 30.8. The maximum atomic E-state index is 15.0. The highest BCUT2D eigenvalue weighted by atomic mass is 35.5. The Hall–Kier alpha value is -4.33. The molecule has 0 spiro atoms. The molecule has 9 nitrogen and oxygen atoms in total. The Balaban J connectivity index is 1.58. The summed E-state index contributed by atoms with van der Waals surface area (Å²) in [5.41, 5.74) is 2.31. The van der Waals surface area contributed by atoms with Crippen LogP contribution in [0.1, 0.15) is 17.1 Å². The minimum atomic E-state index is -3.90. The van der Waals surface area contributed by atoms with E-state index in [1.54, 1.807) is 38.2 Å². The number of aromatic nitrogens is 3. The van der Waals surface area contributed by atoms with Crippen molar-refractivity contribution in [3.63, 3.8) is 0 Å². The van der Waals surface area contributed by atoms with Crippen molar-refractivity contribution in [3.8, 4) is 50.9 Å². The highest BCUT2D eigenvalue weighted by molar-refractivity contribution is 7.90. The summed E-state index contributed by atoms with van der Waals surface area (Å²) in [7, 11) is -3.90. The van der Waals surface area contributed by atoms with Gasteiger partial charge in [-0.15, -0.1) is 8.78 Å². The first-order valence-electron chi connectivity index (χ1n) is 12.6. The lowest BCUT2D eigenvalue weighted by Crippen LogP contribution is -2.25. The number of rotatable bonds is 6. The van der Waals surface area contributed by atoms with E-state index >= 15 is 4.39 Å². The summed E-state index contributed by atoms with van der Waals surface area (Å²) < 4.78 is 84.0. The molecule has 3 aromatic carbocycles. The van der Waals surface area contributed by atoms with Crippen LogP contribution in [0.4, 0.5) is 13.2 Å². The summed E-state index contributed by atoms with van der Waals surface area (Å²) in [5, 5.41) is 14.5. The second kappa shape index (κ2) is 10.1. The van der Waals surface area contributed by atoms with Crippen molar-refractivity contribution >= 4 is 21.4 Å². The monoisotopic (exact) mass is 631 g/mol. The minimum absolute atomic E-state index is 0.144. The topological polar surface area (TPSA) is 117 Å². The molecule has 0 atom stereocenters. The van der Waals surface area contributed by atoms with Crippen molar-refractivity contribution < 1.29 is 40.6 Å². The highest BCUT2D eigenvalue weighted by Gasteiger charge is 2.43. The van der Waals surface area contributed by atoms with E-state index in [1.807, 2.05) is 0 Å². The standard InChI is InChI=1S/C29H21ClF3N3O6S/c1-14-21(30)12-36(35-14)23-6-4-16(18-9-22(31)20(13-37)26(11-18)43(3,38)39)8-19(23)28-27(34-15(2)40-28)17-5-7-24-25(10-17)42-29(32,33)41-24/h4-12,37H,13H2,1-3H3. The number of nitrogens with zero attached hydrogens (tertiary/aromatic N) is 3. The quantitative estimate of drug-likeness (QED) is 0.226. The molecule has 2 aromatic heterocycles. The van der Waals surface area contributed by atoms with Gasteiger partial charge in [0, 0.05) is 36.1 Å². The predicted molar refractivity (Wildman–Crippen MR) is 150 cm³/mol. The summed E-state index contributed by atoms with van der Waals surface area (Å²) in [6.07, 6.45) is -1.31. The number of oxazole rings is 1. The van der Waals surface area contributed by atoms with E-state index < -0.39 is 28.6 Å². The summed E-state index contributed by atoms with van der Waals surface area (Å²) in [4.78, 5) is 4.14. The zero-order valence-electron chi connectivity index (χ0n) is 22.7. The fourth-order valence-electron chi connectivity index (χ4n) is 4.82. The van der Waals surface area contributed by atoms with Gasteiger partial charge in [0.15, 0.2) is 33.0 Å². The van der Waals surface area contributed by atoms with Crippen LogP contribution in [0.2, 0.25) is 5.02 Å². The number of ether oxygens (including phenoxy) is 2. The molecule has 0 radical (unpaired) electrons. The van der Waals surface area contributed by atoms with Gasteiger partial charge in [0.05, 0.1) is 27.9 Å². The average Bonchev–Trinajstić information content (AvgIpc) is 3.59. The number of benzene rings is 3. The van der Waals surface area contributed by atoms with Crippen molar-refractivity contribution in [2.24, 2.45) is 0 Å². The molecule has 5 aromatic rings. The number of fused-ring (bicyclic) bond motifs is 1. The van der Waals surface area contributed by atoms with Gasteiger partial charge in [0.2, 0.25) is 0 Å². The van der Waals surface area contributed by atoms with Crippen LogP contribution in [-0.2, 0) is 16.4 Å². The van der Waals surface area contributed by atoms with E-state index in [2.05, 4.69) is 19.6 Å². The molecule has 0 saturated heterocycles. The van der Waals surface area contributed by atoms with Crippen LogP contribution in [0.15, 0.2) is 64.0 Å². The van der Waals surface area contributed by atoms with Crippen molar-refractivity contribution in [2.75, 3.05) is 6.26 Å². The Bertz CT molecular complexity index is 2020. The molecule has 1 N–H and O–H groups in total. The number of hydrogen-bond acceptors (Lipinski definition) is 8. The number of aliphatic hydroxyl groups excluding tert-OH is 1. The summed E-state index contributed by atoms with van der Waals surface area (Å²) in [6, 6.07) is 11.5. The van der Waals surface area contributed by atoms with Crippen molar-refractivity contribution in [1.29, 1.82) is 0 Å². The Kier molecular flexibility index (Phi) is 6.79. The molecular formula is C29H21ClF3N3O6S. The van der Waals surface area contributed by atoms with Crippen molar-refractivity contribution in [1.82, 2.24) is 14.8 Å². The van der Waals surface area contributed by atoms with Crippen LogP contribution in [0.25, 0.3) is 39.4 Å². The number of aliphatic hydroxyl groups is 1. The van der Waals surface area contributed by atoms with Gasteiger partial charge in [0.1, 0.15) is 11.5 Å². The van der Waals surface area contributed by atoms with Gasteiger partial charge in [0.25, 0.3) is 0 Å². The molecule has 3 heterocycles. The molecule has 1 aliphatic rings. The van der Waals surface area contributed by atoms with E-state index in [1.165, 1.54) is 28.9 Å². The van der Waals surface area contributed by atoms with Gasteiger partial charge in [-0.05, 0) is 60.5 Å². The highest BCUT2D eigenvalue weighted by Crippen LogP contribution is 2.45. The molecule has 0 bridgehead atoms. The molecule has 0 unspecified atom stereocenters. The van der Waals surface area contributed by atoms with Crippen LogP contribution >= 0.6 is 11.6 Å². The molecule has 43 heavy (non-hydrogen) atoms. The third-order valence-electron chi connectivity index (χ3n) is 6.78. The zero-order valence-corrected chi connectivity index (χ0v) is 24.2. The summed E-state index contributed by atoms with van der Waals surface area (Å²) in [6.45, 7) is 2.52. The maximum Gasteiger partial charge on any atom is 0.586 e. The fourth-order valence-corrected chi connectivity index (χ4v) is 5.90. The Morgan fingerprint density at radius 3 is 2.40 bits per heavy atom. The number of aryl methyl sites for hydroxylation is 2. The van der Waals surface area contributed by atoms with E-state index in [0.717, 1.165) is 12.3 Å². The molecule has 0 aliphatic carbocycles. The van der Waals surface area contributed by atoms with Crippen LogP contribution < -0.4 is 9.47 Å². The first-order chi connectivity index (χ1) is 20.2. The van der Waals surface area contributed by atoms with Gasteiger partial charge in [-0.3, -0.25) is 0 Å². The molecule has 222 valence electrons. The summed E-state index contributed by atoms with van der Waals surface area (Å²) in [5.74, 6) is -0.772. The molecule has 0 amide bonds. The predicted octanol–water partition coefficient (Wildman–Crippen LogP) is 6.49. The van der Waals surface area contributed by atoms with Crippen LogP contribution in [0, 0.1) is 19.7 Å². The van der Waals surface area contributed by atoms with E-state index in [4.69, 9.17) is 16.0 Å². The Labute approximate surface area is 248 Å². The third kappa shape index (κ3) is 5.24. The average molecular weight is 632 g/mol. The number of alkyl halides is 2. The van der Waals surface area contributed by atoms with Gasteiger partial charge in [-0.2, -0.15) is 5.10 Å². The molecule has 1 aliphatic heterocycles. The van der Waals surface area contributed by atoms with E-state index in [9.17, 15) is 22.3 Å². The number of hydrogen-bond donors (Lipinski definition) is 1. The SMILES string of the molecule is Cc1nc(-c2ccc3c(c2)OC(F)(F)O3)c(-c2cc(-c3cc(F)c(CO)c(S(C)(=O)=O)c3)ccc2-n2cc(Cl)c(C)n2)o1. The molecular weight excluding hydrogens is 611 g/mol. The van der Waals surface area contributed by atoms with Gasteiger partial charge >= 0.3 is 6.29 Å². The molecule has 0 saturated carbocycles. The van der Waals surface area contributed by atoms with Crippen LogP contribution in [0.3, 0.4) is 0 Å². The van der Waals surface area contributed by atoms with Gasteiger partial charge < -0.3 is 19.0 Å². The van der Waals surface area contributed by atoms with Crippen molar-refractivity contribution in [2.45, 2.75) is 31.6 Å². The fraction of sp³-hybridized carbons (Fsp3) is 0.172. The molecule has 0 fully saturated rings. The summed E-state index contributed by atoms with van der Waals surface area (Å²) >= 11 is 6.29. The van der Waals surface area contributed by atoms with E-state index in [0.29, 0.717) is 33.1 Å². The van der Waals surface area contributed by atoms with Gasteiger partial charge in [-0.25, -0.2) is 22.5 Å². The lowest BCUT2D eigenvalue weighted by Gasteiger charge is -2.14. The smallest absolute Gasteiger partial charge is 0.440 e. The first kappa shape index (κ1) is 28.8. The largest absolute Gasteiger partial charge is 0.586 e. The Morgan fingerprint density at radius 1 is 1.00 bits per heavy atom. The lowest BCUT2D eigenvalue weighted by molar-refractivity contribution is -0.286. The third-order valence-corrected chi connectivity index (χ3v) is 8.32. The number of sulfone groups is 1. The van der Waals surface area contributed by atoms with Crippen LogP contribution in [0.5, 0.6) is 11.5 Å². The molecule has 6 rings (SSSR count). The molecule has 14 heteroatoms. The van der Waals surface area contributed by atoms with Crippen LogP contribution in [-0.4, -0.2) is 40.8 Å². The number of halogens is 4. The lowest BCUT2D eigenvalue weighted by atomic mass is 9.97. The van der Waals surface area contributed by atoms with E-state index in [-0.39, 0.29) is 44.9 Å². The maximum absolute atomic E-state index is 15.0. The Morgan fingerprint density at radius 2 is 1.72 bits per heavy atom. The van der Waals surface area contributed by atoms with Crippen molar-refractivity contribution in [3.05, 3.63) is 82.7 Å².